The molecule has 0 radical (unpaired) electrons. The number of amides is 2. The number of nitrogens with one attached hydrogen (secondary N) is 2. The minimum Gasteiger partial charge on any atom is -0.493 e. The Morgan fingerprint density at radius 3 is 2.45 bits per heavy atom. The highest BCUT2D eigenvalue weighted by Gasteiger charge is 2.10. The zero-order chi connectivity index (χ0) is 16.4. The first-order chi connectivity index (χ1) is 10.6. The van der Waals surface area contributed by atoms with Gasteiger partial charge >= 0.3 is 6.03 Å². The van der Waals surface area contributed by atoms with Gasteiger partial charge in [-0.15, -0.1) is 0 Å². The molecule has 1 rings (SSSR count). The summed E-state index contributed by atoms with van der Waals surface area (Å²) in [5.41, 5.74) is 0.650. The summed E-state index contributed by atoms with van der Waals surface area (Å²) in [6, 6.07) is 5.22. The summed E-state index contributed by atoms with van der Waals surface area (Å²) in [4.78, 5) is 12.0. The third-order valence-electron chi connectivity index (χ3n) is 3.29. The second kappa shape index (κ2) is 9.89. The van der Waals surface area contributed by atoms with Crippen LogP contribution in [0.3, 0.4) is 0 Å². The molecule has 0 aromatic heterocycles. The fourth-order valence-electron chi connectivity index (χ4n) is 1.95. The number of hydrogen-bond acceptors (Lipinski definition) is 4. The summed E-state index contributed by atoms with van der Waals surface area (Å²) in [5.74, 6) is 1.18. The monoisotopic (exact) mass is 310 g/mol. The van der Waals surface area contributed by atoms with Gasteiger partial charge in [0.05, 0.1) is 13.7 Å². The SMILES string of the molecule is CCC(CC)NC(=O)Nc1ccc(OC)c(OCCOC)c1. The lowest BCUT2D eigenvalue weighted by Gasteiger charge is -2.16. The summed E-state index contributed by atoms with van der Waals surface area (Å²) < 4.78 is 15.8. The van der Waals surface area contributed by atoms with Crippen LogP contribution in [0.1, 0.15) is 26.7 Å². The molecule has 22 heavy (non-hydrogen) atoms. The van der Waals surface area contributed by atoms with Crippen LogP contribution in [0.25, 0.3) is 0 Å². The van der Waals surface area contributed by atoms with Crippen molar-refractivity contribution in [2.24, 2.45) is 0 Å². The van der Waals surface area contributed by atoms with E-state index < -0.39 is 0 Å². The van der Waals surface area contributed by atoms with Crippen LogP contribution in [-0.2, 0) is 4.74 Å². The van der Waals surface area contributed by atoms with Gasteiger partial charge in [-0.3, -0.25) is 0 Å². The topological polar surface area (TPSA) is 68.8 Å². The first-order valence-electron chi connectivity index (χ1n) is 7.51. The molecule has 0 atom stereocenters. The van der Waals surface area contributed by atoms with Crippen molar-refractivity contribution in [2.45, 2.75) is 32.7 Å². The molecule has 0 fully saturated rings. The predicted octanol–water partition coefficient (Wildman–Crippen LogP) is 3.03. The Morgan fingerprint density at radius 1 is 1.14 bits per heavy atom. The summed E-state index contributed by atoms with van der Waals surface area (Å²) in [6.45, 7) is 4.99. The molecule has 2 amide bonds. The van der Waals surface area contributed by atoms with Crippen molar-refractivity contribution < 1.29 is 19.0 Å². The number of hydrogen-bond donors (Lipinski definition) is 2. The van der Waals surface area contributed by atoms with Gasteiger partial charge in [-0.2, -0.15) is 0 Å². The van der Waals surface area contributed by atoms with Crippen LogP contribution in [0.4, 0.5) is 10.5 Å². The standard InChI is InChI=1S/C16H26N2O4/c1-5-12(6-2)17-16(19)18-13-7-8-14(21-4)15(11-13)22-10-9-20-3/h7-8,11-12H,5-6,9-10H2,1-4H3,(H2,17,18,19). The minimum absolute atomic E-state index is 0.177. The predicted molar refractivity (Wildman–Crippen MR) is 86.9 cm³/mol. The Kier molecular flexibility index (Phi) is 8.14. The van der Waals surface area contributed by atoms with E-state index in [0.717, 1.165) is 12.8 Å². The van der Waals surface area contributed by atoms with Gasteiger partial charge in [0.1, 0.15) is 6.61 Å². The molecule has 0 unspecified atom stereocenters. The highest BCUT2D eigenvalue weighted by molar-refractivity contribution is 5.89. The smallest absolute Gasteiger partial charge is 0.319 e. The maximum atomic E-state index is 12.0. The fraction of sp³-hybridized carbons (Fsp3) is 0.562. The Morgan fingerprint density at radius 2 is 1.86 bits per heavy atom. The van der Waals surface area contributed by atoms with Crippen molar-refractivity contribution in [3.05, 3.63) is 18.2 Å². The van der Waals surface area contributed by atoms with Gasteiger partial charge in [0.25, 0.3) is 0 Å². The third kappa shape index (κ3) is 5.81. The number of carbonyl (C=O) groups excluding carboxylic acids is 1. The van der Waals surface area contributed by atoms with Crippen LogP contribution < -0.4 is 20.1 Å². The van der Waals surface area contributed by atoms with Crippen LogP contribution in [0.2, 0.25) is 0 Å². The zero-order valence-corrected chi connectivity index (χ0v) is 13.8. The fourth-order valence-corrected chi connectivity index (χ4v) is 1.95. The van der Waals surface area contributed by atoms with Crippen molar-refractivity contribution in [1.29, 1.82) is 0 Å². The number of urea groups is 1. The Balaban J connectivity index is 2.70. The number of anilines is 1. The molecule has 0 aliphatic heterocycles. The third-order valence-corrected chi connectivity index (χ3v) is 3.29. The Labute approximate surface area is 132 Å². The Bertz CT molecular complexity index is 461. The van der Waals surface area contributed by atoms with Crippen molar-refractivity contribution in [3.8, 4) is 11.5 Å². The number of rotatable bonds is 9. The first kappa shape index (κ1) is 18.1. The van der Waals surface area contributed by atoms with Gasteiger partial charge in [0.2, 0.25) is 0 Å². The molecule has 1 aromatic rings. The summed E-state index contributed by atoms with van der Waals surface area (Å²) in [5, 5.41) is 5.73. The van der Waals surface area contributed by atoms with Crippen LogP contribution in [0.15, 0.2) is 18.2 Å². The average molecular weight is 310 g/mol. The normalized spacial score (nSPS) is 10.4. The molecule has 2 N–H and O–H groups in total. The van der Waals surface area contributed by atoms with Gasteiger partial charge in [0.15, 0.2) is 11.5 Å². The quantitative estimate of drug-likeness (QED) is 0.688. The lowest BCUT2D eigenvalue weighted by atomic mass is 10.2. The lowest BCUT2D eigenvalue weighted by Crippen LogP contribution is -2.37. The Hall–Kier alpha value is -1.95. The van der Waals surface area contributed by atoms with E-state index >= 15 is 0 Å². The van der Waals surface area contributed by atoms with E-state index in [9.17, 15) is 4.79 Å². The van der Waals surface area contributed by atoms with Gasteiger partial charge in [-0.05, 0) is 25.0 Å². The molecule has 0 heterocycles. The van der Waals surface area contributed by atoms with Gasteiger partial charge in [-0.25, -0.2) is 4.79 Å². The molecule has 124 valence electrons. The van der Waals surface area contributed by atoms with E-state index in [-0.39, 0.29) is 12.1 Å². The number of benzene rings is 1. The van der Waals surface area contributed by atoms with E-state index in [1.54, 1.807) is 32.4 Å². The number of ether oxygens (including phenoxy) is 3. The van der Waals surface area contributed by atoms with E-state index in [2.05, 4.69) is 10.6 Å². The number of carbonyl (C=O) groups is 1. The first-order valence-corrected chi connectivity index (χ1v) is 7.51. The maximum absolute atomic E-state index is 12.0. The molecule has 0 saturated heterocycles. The number of methoxy groups -OCH3 is 2. The molecule has 0 aliphatic carbocycles. The van der Waals surface area contributed by atoms with Crippen molar-refractivity contribution in [3.63, 3.8) is 0 Å². The van der Waals surface area contributed by atoms with Gasteiger partial charge < -0.3 is 24.8 Å². The van der Waals surface area contributed by atoms with Crippen molar-refractivity contribution >= 4 is 11.7 Å². The summed E-state index contributed by atoms with van der Waals surface area (Å²) in [6.07, 6.45) is 1.80. The van der Waals surface area contributed by atoms with Crippen molar-refractivity contribution in [2.75, 3.05) is 32.8 Å². The minimum atomic E-state index is -0.221. The molecule has 6 nitrogen and oxygen atoms in total. The van der Waals surface area contributed by atoms with Crippen LogP contribution in [0.5, 0.6) is 11.5 Å². The van der Waals surface area contributed by atoms with Crippen LogP contribution >= 0.6 is 0 Å². The second-order valence-corrected chi connectivity index (χ2v) is 4.82. The molecule has 0 bridgehead atoms. The average Bonchev–Trinajstić information content (AvgIpc) is 2.53. The molecule has 6 heteroatoms. The zero-order valence-electron chi connectivity index (χ0n) is 13.8. The molecule has 0 saturated carbocycles. The maximum Gasteiger partial charge on any atom is 0.319 e. The van der Waals surface area contributed by atoms with Crippen molar-refractivity contribution in [1.82, 2.24) is 5.32 Å². The second-order valence-electron chi connectivity index (χ2n) is 4.82. The van der Waals surface area contributed by atoms with E-state index in [0.29, 0.717) is 30.4 Å². The molecular formula is C16H26N2O4. The van der Waals surface area contributed by atoms with Gasteiger partial charge in [0, 0.05) is 24.9 Å². The van der Waals surface area contributed by atoms with E-state index in [1.807, 2.05) is 13.8 Å². The summed E-state index contributed by atoms with van der Waals surface area (Å²) in [7, 11) is 3.19. The van der Waals surface area contributed by atoms with Crippen LogP contribution in [-0.4, -0.2) is 39.5 Å². The molecule has 1 aromatic carbocycles. The van der Waals surface area contributed by atoms with Crippen LogP contribution in [0, 0.1) is 0 Å². The van der Waals surface area contributed by atoms with Gasteiger partial charge in [-0.1, -0.05) is 13.8 Å². The lowest BCUT2D eigenvalue weighted by molar-refractivity contribution is 0.144. The highest BCUT2D eigenvalue weighted by atomic mass is 16.5. The molecular weight excluding hydrogens is 284 g/mol. The van der Waals surface area contributed by atoms with E-state index in [4.69, 9.17) is 14.2 Å². The van der Waals surface area contributed by atoms with E-state index in [1.165, 1.54) is 0 Å². The largest absolute Gasteiger partial charge is 0.493 e. The highest BCUT2D eigenvalue weighted by Crippen LogP contribution is 2.30. The molecule has 0 aliphatic rings. The molecule has 0 spiro atoms. The summed E-state index contributed by atoms with van der Waals surface area (Å²) >= 11 is 0.